The van der Waals surface area contributed by atoms with Crippen LogP contribution in [-0.4, -0.2) is 4.98 Å². The number of halogens is 1. The van der Waals surface area contributed by atoms with E-state index in [9.17, 15) is 4.39 Å². The fourth-order valence-electron chi connectivity index (χ4n) is 1.23. The van der Waals surface area contributed by atoms with Crippen LogP contribution in [0.15, 0.2) is 30.3 Å². The second kappa shape index (κ2) is 3.75. The first-order chi connectivity index (χ1) is 6.81. The van der Waals surface area contributed by atoms with Crippen LogP contribution < -0.4 is 5.73 Å². The van der Waals surface area contributed by atoms with E-state index in [1.54, 1.807) is 0 Å². The van der Waals surface area contributed by atoms with Crippen LogP contribution in [0.25, 0.3) is 10.4 Å². The van der Waals surface area contributed by atoms with Crippen molar-refractivity contribution in [1.82, 2.24) is 4.98 Å². The second-order valence-electron chi connectivity index (χ2n) is 2.82. The molecule has 1 aromatic carbocycles. The van der Waals surface area contributed by atoms with Crippen molar-refractivity contribution in [2.24, 2.45) is 0 Å². The number of thiazole rings is 1. The van der Waals surface area contributed by atoms with Gasteiger partial charge in [-0.15, -0.1) is 11.3 Å². The standard InChI is InChI=1S/C10H9FN2S/c11-6-8-13-10(12)9(14-8)7-4-2-1-3-5-7/h1-5H,6,12H2. The number of nitrogens with zero attached hydrogens (tertiary/aromatic N) is 1. The summed E-state index contributed by atoms with van der Waals surface area (Å²) in [5.74, 6) is 0.411. The highest BCUT2D eigenvalue weighted by molar-refractivity contribution is 7.15. The summed E-state index contributed by atoms with van der Waals surface area (Å²) >= 11 is 1.30. The van der Waals surface area contributed by atoms with Gasteiger partial charge in [0.15, 0.2) is 0 Å². The van der Waals surface area contributed by atoms with Crippen LogP contribution in [0.1, 0.15) is 5.01 Å². The number of rotatable bonds is 2. The molecular formula is C10H9FN2S. The Morgan fingerprint density at radius 1 is 1.29 bits per heavy atom. The van der Waals surface area contributed by atoms with Gasteiger partial charge in [0.2, 0.25) is 0 Å². The quantitative estimate of drug-likeness (QED) is 0.824. The van der Waals surface area contributed by atoms with Gasteiger partial charge < -0.3 is 5.73 Å². The summed E-state index contributed by atoms with van der Waals surface area (Å²) < 4.78 is 12.3. The maximum Gasteiger partial charge on any atom is 0.142 e. The van der Waals surface area contributed by atoms with Crippen molar-refractivity contribution in [2.45, 2.75) is 6.67 Å². The summed E-state index contributed by atoms with van der Waals surface area (Å²) in [5.41, 5.74) is 6.67. The molecule has 2 nitrogen and oxygen atoms in total. The van der Waals surface area contributed by atoms with Crippen LogP contribution >= 0.6 is 11.3 Å². The molecule has 0 saturated heterocycles. The summed E-state index contributed by atoms with van der Waals surface area (Å²) in [6.45, 7) is -0.554. The van der Waals surface area contributed by atoms with Gasteiger partial charge in [-0.1, -0.05) is 30.3 Å². The highest BCUT2D eigenvalue weighted by atomic mass is 32.1. The lowest BCUT2D eigenvalue weighted by Gasteiger charge is -1.95. The summed E-state index contributed by atoms with van der Waals surface area (Å²) in [7, 11) is 0. The van der Waals surface area contributed by atoms with Crippen LogP contribution in [-0.2, 0) is 6.67 Å². The molecule has 0 fully saturated rings. The van der Waals surface area contributed by atoms with Crippen molar-refractivity contribution in [3.8, 4) is 10.4 Å². The second-order valence-corrected chi connectivity index (χ2v) is 3.91. The number of nitrogens with two attached hydrogens (primary N) is 1. The first kappa shape index (κ1) is 9.15. The average molecular weight is 208 g/mol. The van der Waals surface area contributed by atoms with E-state index >= 15 is 0 Å². The molecule has 4 heteroatoms. The molecule has 0 saturated carbocycles. The van der Waals surface area contributed by atoms with E-state index in [-0.39, 0.29) is 0 Å². The van der Waals surface area contributed by atoms with Crippen LogP contribution in [0.2, 0.25) is 0 Å². The summed E-state index contributed by atoms with van der Waals surface area (Å²) in [6, 6.07) is 9.64. The molecule has 0 amide bonds. The molecule has 2 aromatic rings. The van der Waals surface area contributed by atoms with E-state index in [4.69, 9.17) is 5.73 Å². The van der Waals surface area contributed by atoms with E-state index in [2.05, 4.69) is 4.98 Å². The molecule has 14 heavy (non-hydrogen) atoms. The zero-order chi connectivity index (χ0) is 9.97. The van der Waals surface area contributed by atoms with Gasteiger partial charge in [-0.25, -0.2) is 9.37 Å². The molecule has 0 spiro atoms. The molecule has 1 heterocycles. The monoisotopic (exact) mass is 208 g/mol. The van der Waals surface area contributed by atoms with Gasteiger partial charge in [-0.05, 0) is 5.56 Å². The van der Waals surface area contributed by atoms with E-state index in [1.165, 1.54) is 11.3 Å². The number of benzene rings is 1. The van der Waals surface area contributed by atoms with E-state index in [1.807, 2.05) is 30.3 Å². The lowest BCUT2D eigenvalue weighted by molar-refractivity contribution is 0.484. The predicted octanol–water partition coefficient (Wildman–Crippen LogP) is 2.86. The van der Waals surface area contributed by atoms with E-state index < -0.39 is 6.67 Å². The number of hydrogen-bond acceptors (Lipinski definition) is 3. The van der Waals surface area contributed by atoms with Crippen molar-refractivity contribution in [1.29, 1.82) is 0 Å². The van der Waals surface area contributed by atoms with Crippen molar-refractivity contribution in [2.75, 3.05) is 5.73 Å². The Kier molecular flexibility index (Phi) is 2.45. The fourth-order valence-corrected chi connectivity index (χ4v) is 2.07. The van der Waals surface area contributed by atoms with Crippen LogP contribution in [0, 0.1) is 0 Å². The highest BCUT2D eigenvalue weighted by Gasteiger charge is 2.09. The smallest absolute Gasteiger partial charge is 0.142 e. The Balaban J connectivity index is 2.46. The van der Waals surface area contributed by atoms with Gasteiger partial charge in [-0.2, -0.15) is 0 Å². The van der Waals surface area contributed by atoms with Crippen LogP contribution in [0.4, 0.5) is 10.2 Å². The third kappa shape index (κ3) is 1.61. The molecule has 72 valence electrons. The number of anilines is 1. The fraction of sp³-hybridized carbons (Fsp3) is 0.100. The first-order valence-corrected chi connectivity index (χ1v) is 4.99. The van der Waals surface area contributed by atoms with Crippen LogP contribution in [0.3, 0.4) is 0 Å². The zero-order valence-electron chi connectivity index (χ0n) is 7.40. The highest BCUT2D eigenvalue weighted by Crippen LogP contribution is 2.32. The Morgan fingerprint density at radius 2 is 2.00 bits per heavy atom. The topological polar surface area (TPSA) is 38.9 Å². The van der Waals surface area contributed by atoms with E-state index in [0.29, 0.717) is 10.8 Å². The summed E-state index contributed by atoms with van der Waals surface area (Å²) in [4.78, 5) is 4.77. The van der Waals surface area contributed by atoms with Gasteiger partial charge in [0.1, 0.15) is 17.5 Å². The molecular weight excluding hydrogens is 199 g/mol. The van der Waals surface area contributed by atoms with Gasteiger partial charge in [0.05, 0.1) is 4.88 Å². The largest absolute Gasteiger partial charge is 0.382 e. The molecule has 2 rings (SSSR count). The predicted molar refractivity (Wildman–Crippen MR) is 56.8 cm³/mol. The molecule has 1 aromatic heterocycles. The molecule has 0 aliphatic heterocycles. The Labute approximate surface area is 85.2 Å². The maximum atomic E-state index is 12.3. The van der Waals surface area contributed by atoms with Gasteiger partial charge in [-0.3, -0.25) is 0 Å². The molecule has 0 unspecified atom stereocenters. The number of hydrogen-bond donors (Lipinski definition) is 1. The summed E-state index contributed by atoms with van der Waals surface area (Å²) in [6.07, 6.45) is 0. The van der Waals surface area contributed by atoms with Crippen molar-refractivity contribution in [3.05, 3.63) is 35.3 Å². The maximum absolute atomic E-state index is 12.3. The van der Waals surface area contributed by atoms with Crippen LogP contribution in [0.5, 0.6) is 0 Å². The minimum Gasteiger partial charge on any atom is -0.382 e. The first-order valence-electron chi connectivity index (χ1n) is 4.18. The lowest BCUT2D eigenvalue weighted by Crippen LogP contribution is -1.87. The minimum atomic E-state index is -0.554. The third-order valence-corrected chi connectivity index (χ3v) is 2.93. The third-order valence-electron chi connectivity index (χ3n) is 1.85. The Hall–Kier alpha value is -1.42. The van der Waals surface area contributed by atoms with E-state index in [0.717, 1.165) is 10.4 Å². The SMILES string of the molecule is Nc1nc(CF)sc1-c1ccccc1. The number of aromatic nitrogens is 1. The molecule has 0 aliphatic rings. The van der Waals surface area contributed by atoms with Crippen molar-refractivity contribution < 1.29 is 4.39 Å². The van der Waals surface area contributed by atoms with Gasteiger partial charge in [0, 0.05) is 0 Å². The molecule has 0 atom stereocenters. The van der Waals surface area contributed by atoms with Gasteiger partial charge in [0.25, 0.3) is 0 Å². The number of nitrogen functional groups attached to an aromatic ring is 1. The van der Waals surface area contributed by atoms with Crippen molar-refractivity contribution >= 4 is 17.2 Å². The number of alkyl halides is 1. The molecule has 0 radical (unpaired) electrons. The summed E-state index contributed by atoms with van der Waals surface area (Å²) in [5, 5.41) is 0.432. The zero-order valence-corrected chi connectivity index (χ0v) is 8.22. The molecule has 0 bridgehead atoms. The Bertz CT molecular complexity index is 425. The van der Waals surface area contributed by atoms with Gasteiger partial charge >= 0.3 is 0 Å². The molecule has 0 aliphatic carbocycles. The minimum absolute atomic E-state index is 0.411. The Morgan fingerprint density at radius 3 is 2.57 bits per heavy atom. The normalized spacial score (nSPS) is 10.4. The molecule has 2 N–H and O–H groups in total. The lowest BCUT2D eigenvalue weighted by atomic mass is 10.2. The van der Waals surface area contributed by atoms with Crippen molar-refractivity contribution in [3.63, 3.8) is 0 Å². The average Bonchev–Trinajstić information content (AvgIpc) is 2.61.